The lowest BCUT2D eigenvalue weighted by atomic mass is 10.1. The molecule has 3 aromatic rings. The summed E-state index contributed by atoms with van der Waals surface area (Å²) in [6, 6.07) is 7.24. The molecule has 2 heterocycles. The summed E-state index contributed by atoms with van der Waals surface area (Å²) in [5, 5.41) is 5.65. The van der Waals surface area contributed by atoms with E-state index in [1.54, 1.807) is 16.6 Å². The summed E-state index contributed by atoms with van der Waals surface area (Å²) in [6.07, 6.45) is 2.04. The number of carbonyl (C=O) groups is 1. The quantitative estimate of drug-likeness (QED) is 0.502. The van der Waals surface area contributed by atoms with E-state index in [2.05, 4.69) is 15.1 Å². The van der Waals surface area contributed by atoms with Crippen LogP contribution in [0.15, 0.2) is 29.4 Å². The summed E-state index contributed by atoms with van der Waals surface area (Å²) < 4.78 is 7.03. The van der Waals surface area contributed by atoms with Crippen molar-refractivity contribution in [1.82, 2.24) is 19.6 Å². The Labute approximate surface area is 154 Å². The van der Waals surface area contributed by atoms with Crippen molar-refractivity contribution in [2.45, 2.75) is 32.0 Å². The number of esters is 1. The van der Waals surface area contributed by atoms with E-state index >= 15 is 0 Å². The van der Waals surface area contributed by atoms with Crippen molar-refractivity contribution in [2.75, 3.05) is 6.26 Å². The van der Waals surface area contributed by atoms with Crippen LogP contribution in [0.2, 0.25) is 5.02 Å². The third kappa shape index (κ3) is 3.93. The minimum absolute atomic E-state index is 0.135. The summed E-state index contributed by atoms with van der Waals surface area (Å²) in [5.74, 6) is 0.216. The van der Waals surface area contributed by atoms with Crippen molar-refractivity contribution < 1.29 is 9.53 Å². The zero-order valence-corrected chi connectivity index (χ0v) is 15.7. The van der Waals surface area contributed by atoms with Crippen LogP contribution in [-0.2, 0) is 22.6 Å². The molecule has 6 nitrogen and oxygen atoms in total. The maximum atomic E-state index is 12.2. The monoisotopic (exact) mass is 376 g/mol. The third-order valence-corrected chi connectivity index (χ3v) is 4.60. The van der Waals surface area contributed by atoms with Crippen LogP contribution < -0.4 is 0 Å². The first-order valence-electron chi connectivity index (χ1n) is 7.65. The predicted molar refractivity (Wildman–Crippen MR) is 97.0 cm³/mol. The van der Waals surface area contributed by atoms with Crippen molar-refractivity contribution in [3.05, 3.63) is 51.8 Å². The van der Waals surface area contributed by atoms with Gasteiger partial charge in [-0.1, -0.05) is 35.5 Å². The maximum Gasteiger partial charge on any atom is 0.310 e. The van der Waals surface area contributed by atoms with Gasteiger partial charge in [0, 0.05) is 22.0 Å². The summed E-state index contributed by atoms with van der Waals surface area (Å²) in [7, 11) is 0. The lowest BCUT2D eigenvalue weighted by molar-refractivity contribution is -0.144. The number of halogens is 1. The number of carbonyl (C=O) groups excluding carboxylic acids is 1. The molecule has 0 saturated heterocycles. The van der Waals surface area contributed by atoms with Crippen molar-refractivity contribution >= 4 is 35.1 Å². The highest BCUT2D eigenvalue weighted by Gasteiger charge is 2.16. The van der Waals surface area contributed by atoms with Gasteiger partial charge in [-0.15, -0.1) is 5.10 Å². The minimum atomic E-state index is -0.322. The number of nitrogens with zero attached hydrogens (tertiary/aromatic N) is 4. The average Bonchev–Trinajstić information content (AvgIpc) is 3.00. The summed E-state index contributed by atoms with van der Waals surface area (Å²) in [6.45, 7) is 3.95. The fourth-order valence-corrected chi connectivity index (χ4v) is 3.07. The second-order valence-electron chi connectivity index (χ2n) is 5.54. The highest BCUT2D eigenvalue weighted by molar-refractivity contribution is 7.98. The maximum absolute atomic E-state index is 12.2. The number of benzene rings is 1. The van der Waals surface area contributed by atoms with Gasteiger partial charge in [0.1, 0.15) is 6.61 Å². The van der Waals surface area contributed by atoms with Gasteiger partial charge in [-0.2, -0.15) is 4.98 Å². The van der Waals surface area contributed by atoms with Crippen LogP contribution in [0, 0.1) is 13.8 Å². The normalized spacial score (nSPS) is 11.0. The Bertz CT molecular complexity index is 942. The number of aromatic nitrogens is 4. The molecule has 3 rings (SSSR count). The number of hydrogen-bond donors (Lipinski definition) is 0. The van der Waals surface area contributed by atoms with E-state index in [4.69, 9.17) is 16.3 Å². The fraction of sp³-hybridized carbons (Fsp3) is 0.294. The van der Waals surface area contributed by atoms with Gasteiger partial charge < -0.3 is 4.74 Å². The number of fused-ring (bicyclic) bond motifs is 1. The third-order valence-electron chi connectivity index (χ3n) is 3.82. The van der Waals surface area contributed by atoms with Gasteiger partial charge >= 0.3 is 5.97 Å². The topological polar surface area (TPSA) is 69.4 Å². The molecule has 8 heteroatoms. The molecule has 0 unspecified atom stereocenters. The molecule has 0 N–H and O–H groups in total. The molecule has 0 fully saturated rings. The zero-order chi connectivity index (χ0) is 18.0. The molecule has 130 valence electrons. The first-order valence-corrected chi connectivity index (χ1v) is 9.25. The predicted octanol–water partition coefficient (Wildman–Crippen LogP) is 3.40. The number of aryl methyl sites for hydroxylation is 2. The highest BCUT2D eigenvalue weighted by Crippen LogP contribution is 2.18. The molecule has 1 aromatic carbocycles. The van der Waals surface area contributed by atoms with E-state index in [0.29, 0.717) is 16.0 Å². The van der Waals surface area contributed by atoms with Crippen LogP contribution in [0.25, 0.3) is 5.78 Å². The van der Waals surface area contributed by atoms with Crippen molar-refractivity contribution in [3.63, 3.8) is 0 Å². The second-order valence-corrected chi connectivity index (χ2v) is 6.75. The van der Waals surface area contributed by atoms with E-state index in [-0.39, 0.29) is 19.0 Å². The molecule has 0 bridgehead atoms. The van der Waals surface area contributed by atoms with Gasteiger partial charge in [-0.25, -0.2) is 9.50 Å². The van der Waals surface area contributed by atoms with Crippen LogP contribution in [0.5, 0.6) is 0 Å². The van der Waals surface area contributed by atoms with Crippen molar-refractivity contribution in [2.24, 2.45) is 0 Å². The van der Waals surface area contributed by atoms with Crippen molar-refractivity contribution in [1.29, 1.82) is 0 Å². The van der Waals surface area contributed by atoms with E-state index in [0.717, 1.165) is 22.5 Å². The fourth-order valence-electron chi connectivity index (χ4n) is 2.52. The van der Waals surface area contributed by atoms with Gasteiger partial charge in [-0.3, -0.25) is 4.79 Å². The first-order chi connectivity index (χ1) is 12.0. The number of thioether (sulfide) groups is 1. The smallest absolute Gasteiger partial charge is 0.310 e. The van der Waals surface area contributed by atoms with E-state index < -0.39 is 0 Å². The van der Waals surface area contributed by atoms with E-state index in [1.807, 2.05) is 32.2 Å². The molecule has 25 heavy (non-hydrogen) atoms. The molecule has 0 aliphatic rings. The SMILES string of the molecule is CSc1nc2nc(C)c(CC(=O)OCc3cccc(Cl)c3)c(C)n2n1. The molecule has 0 atom stereocenters. The molecule has 0 spiro atoms. The van der Waals surface area contributed by atoms with Crippen LogP contribution in [0.4, 0.5) is 0 Å². The van der Waals surface area contributed by atoms with Gasteiger partial charge in [0.05, 0.1) is 6.42 Å². The number of rotatable bonds is 5. The van der Waals surface area contributed by atoms with Gasteiger partial charge in [0.25, 0.3) is 5.78 Å². The zero-order valence-electron chi connectivity index (χ0n) is 14.1. The summed E-state index contributed by atoms with van der Waals surface area (Å²) in [5.41, 5.74) is 3.25. The van der Waals surface area contributed by atoms with Gasteiger partial charge in [0.2, 0.25) is 5.16 Å². The van der Waals surface area contributed by atoms with Gasteiger partial charge in [-0.05, 0) is 37.8 Å². The van der Waals surface area contributed by atoms with Crippen LogP contribution in [-0.4, -0.2) is 31.8 Å². The van der Waals surface area contributed by atoms with Crippen molar-refractivity contribution in [3.8, 4) is 0 Å². The van der Waals surface area contributed by atoms with E-state index in [9.17, 15) is 4.79 Å². The van der Waals surface area contributed by atoms with Gasteiger partial charge in [0.15, 0.2) is 0 Å². The molecule has 0 radical (unpaired) electrons. The Morgan fingerprint density at radius 2 is 2.12 bits per heavy atom. The Morgan fingerprint density at radius 1 is 1.32 bits per heavy atom. The average molecular weight is 377 g/mol. The lowest BCUT2D eigenvalue weighted by Crippen LogP contribution is -2.13. The second kappa shape index (κ2) is 7.41. The largest absolute Gasteiger partial charge is 0.461 e. The Balaban J connectivity index is 1.76. The van der Waals surface area contributed by atoms with E-state index in [1.165, 1.54) is 11.8 Å². The molecular weight excluding hydrogens is 360 g/mol. The lowest BCUT2D eigenvalue weighted by Gasteiger charge is -2.10. The Hall–Kier alpha value is -2.12. The first kappa shape index (κ1) is 17.7. The standard InChI is InChI=1S/C17H17ClN4O2S/c1-10-14(11(2)22-16(19-10)20-17(21-22)25-3)8-15(23)24-9-12-5-4-6-13(18)7-12/h4-7H,8-9H2,1-3H3. The molecule has 0 aliphatic carbocycles. The van der Waals surface area contributed by atoms with Crippen LogP contribution in [0.1, 0.15) is 22.5 Å². The summed E-state index contributed by atoms with van der Waals surface area (Å²) in [4.78, 5) is 21.0. The Morgan fingerprint density at radius 3 is 2.84 bits per heavy atom. The Kier molecular flexibility index (Phi) is 5.24. The summed E-state index contributed by atoms with van der Waals surface area (Å²) >= 11 is 7.39. The molecular formula is C17H17ClN4O2S. The van der Waals surface area contributed by atoms with Crippen LogP contribution >= 0.6 is 23.4 Å². The molecule has 2 aromatic heterocycles. The highest BCUT2D eigenvalue weighted by atomic mass is 35.5. The molecule has 0 amide bonds. The van der Waals surface area contributed by atoms with Crippen LogP contribution in [0.3, 0.4) is 0 Å². The number of ether oxygens (including phenoxy) is 1. The number of hydrogen-bond acceptors (Lipinski definition) is 6. The minimum Gasteiger partial charge on any atom is -0.461 e. The molecule has 0 saturated carbocycles. The molecule has 0 aliphatic heterocycles.